The quantitative estimate of drug-likeness (QED) is 0.550. The summed E-state index contributed by atoms with van der Waals surface area (Å²) in [5.41, 5.74) is 1.23. The van der Waals surface area contributed by atoms with Gasteiger partial charge < -0.3 is 0 Å². The first-order chi connectivity index (χ1) is 9.75. The van der Waals surface area contributed by atoms with Crippen LogP contribution >= 0.6 is 23.2 Å². The Balaban J connectivity index is 1.87. The fraction of sp³-hybridized carbons (Fsp3) is 0.444. The second kappa shape index (κ2) is 6.37. The molecule has 1 aliphatic carbocycles. The van der Waals surface area contributed by atoms with Gasteiger partial charge in [-0.1, -0.05) is 74.0 Å². The molecule has 1 unspecified atom stereocenters. The molecule has 2 aromatic rings. The summed E-state index contributed by atoms with van der Waals surface area (Å²) in [5.74, 6) is 0.792. The minimum atomic E-state index is 0.0975. The van der Waals surface area contributed by atoms with Crippen molar-refractivity contribution in [1.29, 1.82) is 0 Å². The normalized spacial score (nSPS) is 18.3. The number of benzene rings is 2. The second-order valence-electron chi connectivity index (χ2n) is 5.89. The maximum absolute atomic E-state index is 6.73. The highest BCUT2D eigenvalue weighted by atomic mass is 35.5. The van der Waals surface area contributed by atoms with Crippen LogP contribution in [0.4, 0.5) is 0 Å². The SMILES string of the molecule is Clc1ccc(C(Cl)CC2CCCCC2)c2ccccc12. The van der Waals surface area contributed by atoms with E-state index in [1.807, 2.05) is 12.1 Å². The monoisotopic (exact) mass is 306 g/mol. The van der Waals surface area contributed by atoms with Gasteiger partial charge in [0.15, 0.2) is 0 Å². The zero-order valence-corrected chi connectivity index (χ0v) is 13.1. The second-order valence-corrected chi connectivity index (χ2v) is 6.82. The lowest BCUT2D eigenvalue weighted by molar-refractivity contribution is 0.336. The number of rotatable bonds is 3. The molecule has 1 fully saturated rings. The summed E-state index contributed by atoms with van der Waals surface area (Å²) in [7, 11) is 0. The van der Waals surface area contributed by atoms with Gasteiger partial charge in [0.25, 0.3) is 0 Å². The molecule has 2 heteroatoms. The molecule has 0 spiro atoms. The Morgan fingerprint density at radius 1 is 0.950 bits per heavy atom. The predicted molar refractivity (Wildman–Crippen MR) is 88.7 cm³/mol. The summed E-state index contributed by atoms with van der Waals surface area (Å²) in [5, 5.41) is 3.22. The molecule has 106 valence electrons. The number of hydrogen-bond donors (Lipinski definition) is 0. The Morgan fingerprint density at radius 3 is 2.40 bits per heavy atom. The van der Waals surface area contributed by atoms with Crippen molar-refractivity contribution in [3.8, 4) is 0 Å². The van der Waals surface area contributed by atoms with Gasteiger partial charge in [-0.25, -0.2) is 0 Å². The van der Waals surface area contributed by atoms with Crippen LogP contribution in [-0.4, -0.2) is 0 Å². The third kappa shape index (κ3) is 2.97. The average Bonchev–Trinajstić information content (AvgIpc) is 2.49. The fourth-order valence-corrected chi connectivity index (χ4v) is 4.07. The average molecular weight is 307 g/mol. The first-order valence-corrected chi connectivity index (χ1v) is 8.38. The third-order valence-electron chi connectivity index (χ3n) is 4.51. The van der Waals surface area contributed by atoms with Crippen molar-refractivity contribution in [2.75, 3.05) is 0 Å². The molecule has 0 amide bonds. The number of fused-ring (bicyclic) bond motifs is 1. The van der Waals surface area contributed by atoms with E-state index < -0.39 is 0 Å². The van der Waals surface area contributed by atoms with Crippen molar-refractivity contribution in [2.45, 2.75) is 43.9 Å². The number of halogens is 2. The molecule has 0 saturated heterocycles. The van der Waals surface area contributed by atoms with Gasteiger partial charge >= 0.3 is 0 Å². The van der Waals surface area contributed by atoms with Gasteiger partial charge in [-0.2, -0.15) is 0 Å². The van der Waals surface area contributed by atoms with E-state index in [4.69, 9.17) is 23.2 Å². The van der Waals surface area contributed by atoms with Crippen molar-refractivity contribution in [1.82, 2.24) is 0 Å². The molecular formula is C18H20Cl2. The smallest absolute Gasteiger partial charge is 0.0594 e. The van der Waals surface area contributed by atoms with E-state index in [1.54, 1.807) is 0 Å². The van der Waals surface area contributed by atoms with Crippen molar-refractivity contribution in [3.63, 3.8) is 0 Å². The Morgan fingerprint density at radius 2 is 1.65 bits per heavy atom. The van der Waals surface area contributed by atoms with Gasteiger partial charge in [0, 0.05) is 10.4 Å². The molecule has 2 aromatic carbocycles. The van der Waals surface area contributed by atoms with Crippen molar-refractivity contribution >= 4 is 34.0 Å². The van der Waals surface area contributed by atoms with Crippen LogP contribution in [-0.2, 0) is 0 Å². The van der Waals surface area contributed by atoms with E-state index in [0.29, 0.717) is 0 Å². The van der Waals surface area contributed by atoms with E-state index in [1.165, 1.54) is 43.1 Å². The molecule has 0 aromatic heterocycles. The Hall–Kier alpha value is -0.720. The molecule has 0 heterocycles. The topological polar surface area (TPSA) is 0 Å². The van der Waals surface area contributed by atoms with E-state index in [9.17, 15) is 0 Å². The summed E-state index contributed by atoms with van der Waals surface area (Å²) in [4.78, 5) is 0. The first-order valence-electron chi connectivity index (χ1n) is 7.57. The molecule has 0 nitrogen and oxygen atoms in total. The van der Waals surface area contributed by atoms with Crippen molar-refractivity contribution in [3.05, 3.63) is 47.0 Å². The number of alkyl halides is 1. The molecule has 1 aliphatic rings. The fourth-order valence-electron chi connectivity index (χ4n) is 3.40. The van der Waals surface area contributed by atoms with Crippen molar-refractivity contribution in [2.24, 2.45) is 5.92 Å². The lowest BCUT2D eigenvalue weighted by atomic mass is 9.84. The Bertz CT molecular complexity index is 585. The summed E-state index contributed by atoms with van der Waals surface area (Å²) >= 11 is 13.0. The molecule has 0 N–H and O–H groups in total. The molecule has 3 rings (SSSR count). The molecule has 0 bridgehead atoms. The van der Waals surface area contributed by atoms with Gasteiger partial charge in [-0.05, 0) is 29.4 Å². The highest BCUT2D eigenvalue weighted by Gasteiger charge is 2.20. The van der Waals surface area contributed by atoms with Crippen molar-refractivity contribution < 1.29 is 0 Å². The highest BCUT2D eigenvalue weighted by Crippen LogP contribution is 2.39. The molecule has 1 saturated carbocycles. The Labute approximate surface area is 131 Å². The standard InChI is InChI=1S/C18H20Cl2/c19-17-11-10-16(14-8-4-5-9-15(14)17)18(20)12-13-6-2-1-3-7-13/h4-5,8-11,13,18H,1-3,6-7,12H2. The summed E-state index contributed by atoms with van der Waals surface area (Å²) < 4.78 is 0. The van der Waals surface area contributed by atoms with Crippen LogP contribution in [0.3, 0.4) is 0 Å². The highest BCUT2D eigenvalue weighted by molar-refractivity contribution is 6.35. The molecular weight excluding hydrogens is 287 g/mol. The summed E-state index contributed by atoms with van der Waals surface area (Å²) in [6.45, 7) is 0. The molecule has 0 radical (unpaired) electrons. The molecule has 0 aliphatic heterocycles. The van der Waals surface area contributed by atoms with Crippen LogP contribution in [0.5, 0.6) is 0 Å². The van der Waals surface area contributed by atoms with Crippen LogP contribution in [0.2, 0.25) is 5.02 Å². The van der Waals surface area contributed by atoms with Gasteiger partial charge in [0.1, 0.15) is 0 Å². The third-order valence-corrected chi connectivity index (χ3v) is 5.25. The lowest BCUT2D eigenvalue weighted by Gasteiger charge is -2.24. The summed E-state index contributed by atoms with van der Waals surface area (Å²) in [6, 6.07) is 12.4. The lowest BCUT2D eigenvalue weighted by Crippen LogP contribution is -2.09. The van der Waals surface area contributed by atoms with Gasteiger partial charge in [0.05, 0.1) is 5.38 Å². The first kappa shape index (κ1) is 14.2. The maximum atomic E-state index is 6.73. The largest absolute Gasteiger partial charge is 0.118 e. The number of hydrogen-bond acceptors (Lipinski definition) is 0. The van der Waals surface area contributed by atoms with Crippen LogP contribution in [0.1, 0.15) is 49.5 Å². The van der Waals surface area contributed by atoms with Gasteiger partial charge in [0.2, 0.25) is 0 Å². The van der Waals surface area contributed by atoms with Crippen LogP contribution in [0.15, 0.2) is 36.4 Å². The van der Waals surface area contributed by atoms with E-state index in [-0.39, 0.29) is 5.38 Å². The van der Waals surface area contributed by atoms with Crippen LogP contribution in [0, 0.1) is 5.92 Å². The molecule has 20 heavy (non-hydrogen) atoms. The minimum Gasteiger partial charge on any atom is -0.118 e. The van der Waals surface area contributed by atoms with Gasteiger partial charge in [-0.15, -0.1) is 11.6 Å². The molecule has 1 atom stereocenters. The zero-order chi connectivity index (χ0) is 13.9. The van der Waals surface area contributed by atoms with Gasteiger partial charge in [-0.3, -0.25) is 0 Å². The van der Waals surface area contributed by atoms with E-state index in [2.05, 4.69) is 24.3 Å². The minimum absolute atomic E-state index is 0.0975. The zero-order valence-electron chi connectivity index (χ0n) is 11.6. The van der Waals surface area contributed by atoms with E-state index >= 15 is 0 Å². The predicted octanol–water partition coefficient (Wildman–Crippen LogP) is 6.74. The van der Waals surface area contributed by atoms with Crippen LogP contribution in [0.25, 0.3) is 10.8 Å². The van der Waals surface area contributed by atoms with Crippen LogP contribution < -0.4 is 0 Å². The summed E-state index contributed by atoms with van der Waals surface area (Å²) in [6.07, 6.45) is 7.91. The van der Waals surface area contributed by atoms with E-state index in [0.717, 1.165) is 22.7 Å². The maximum Gasteiger partial charge on any atom is 0.0594 e. The Kier molecular flexibility index (Phi) is 4.53.